The van der Waals surface area contributed by atoms with Gasteiger partial charge in [-0.1, -0.05) is 34.5 Å². The van der Waals surface area contributed by atoms with E-state index in [2.05, 4.69) is 20.8 Å². The normalized spacial score (nSPS) is 13.4. The van der Waals surface area contributed by atoms with Crippen LogP contribution in [0.2, 0.25) is 10.0 Å². The molecule has 0 radical (unpaired) electrons. The van der Waals surface area contributed by atoms with Crippen molar-refractivity contribution in [2.24, 2.45) is 0 Å². The van der Waals surface area contributed by atoms with Crippen molar-refractivity contribution in [1.82, 2.24) is 15.1 Å². The third-order valence-electron chi connectivity index (χ3n) is 3.51. The predicted molar refractivity (Wildman–Crippen MR) is 98.6 cm³/mol. The van der Waals surface area contributed by atoms with Crippen LogP contribution < -0.4 is 10.6 Å². The maximum absolute atomic E-state index is 12.1. The van der Waals surface area contributed by atoms with Crippen molar-refractivity contribution in [3.05, 3.63) is 33.3 Å². The Morgan fingerprint density at radius 1 is 1.24 bits per heavy atom. The molecule has 0 bridgehead atoms. The van der Waals surface area contributed by atoms with Gasteiger partial charge < -0.3 is 10.2 Å². The Balaban J connectivity index is 1.51. The molecule has 1 fully saturated rings. The quantitative estimate of drug-likeness (QED) is 0.799. The van der Waals surface area contributed by atoms with Crippen molar-refractivity contribution in [2.75, 3.05) is 24.2 Å². The highest BCUT2D eigenvalue weighted by molar-refractivity contribution is 7.15. The molecule has 10 heteroatoms. The molecule has 0 unspecified atom stereocenters. The zero-order chi connectivity index (χ0) is 18.0. The van der Waals surface area contributed by atoms with Gasteiger partial charge in [-0.25, -0.2) is 4.79 Å². The van der Waals surface area contributed by atoms with E-state index >= 15 is 0 Å². The van der Waals surface area contributed by atoms with Gasteiger partial charge in [-0.2, -0.15) is 0 Å². The summed E-state index contributed by atoms with van der Waals surface area (Å²) in [5.41, 5.74) is 0.506. The number of nitrogens with zero attached hydrogens (tertiary/aromatic N) is 3. The topological polar surface area (TPSA) is 87.2 Å². The number of hydrogen-bond donors (Lipinski definition) is 2. The number of carbonyl (C=O) groups is 2. The first-order valence-electron chi connectivity index (χ1n) is 7.53. The number of likely N-dealkylation sites (N-methyl/N-ethyl adjacent to an activating group) is 1. The van der Waals surface area contributed by atoms with Crippen molar-refractivity contribution >= 4 is 57.3 Å². The van der Waals surface area contributed by atoms with E-state index < -0.39 is 6.03 Å². The molecule has 1 heterocycles. The lowest BCUT2D eigenvalue weighted by molar-refractivity contribution is -0.116. The van der Waals surface area contributed by atoms with Crippen LogP contribution in [0.3, 0.4) is 0 Å². The average Bonchev–Trinajstić information content (AvgIpc) is 3.31. The summed E-state index contributed by atoms with van der Waals surface area (Å²) in [7, 11) is 1.52. The fourth-order valence-corrected chi connectivity index (χ4v) is 3.23. The molecule has 132 valence electrons. The second-order valence-corrected chi connectivity index (χ2v) is 7.51. The Bertz CT molecular complexity index is 809. The maximum atomic E-state index is 12.1. The van der Waals surface area contributed by atoms with E-state index in [4.69, 9.17) is 23.2 Å². The van der Waals surface area contributed by atoms with Crippen molar-refractivity contribution in [2.45, 2.75) is 18.8 Å². The molecule has 1 saturated carbocycles. The molecule has 0 aliphatic heterocycles. The van der Waals surface area contributed by atoms with Crippen molar-refractivity contribution in [3.8, 4) is 0 Å². The number of hydrogen-bond acceptors (Lipinski definition) is 5. The number of urea groups is 1. The van der Waals surface area contributed by atoms with Crippen molar-refractivity contribution < 1.29 is 9.59 Å². The smallest absolute Gasteiger partial charge is 0.323 e. The summed E-state index contributed by atoms with van der Waals surface area (Å²) in [6.45, 7) is -0.125. The van der Waals surface area contributed by atoms with E-state index in [0.29, 0.717) is 26.8 Å². The van der Waals surface area contributed by atoms with E-state index in [-0.39, 0.29) is 12.5 Å². The summed E-state index contributed by atoms with van der Waals surface area (Å²) in [6.07, 6.45) is 2.24. The third-order valence-corrected chi connectivity index (χ3v) is 5.25. The number of halogens is 2. The largest absolute Gasteiger partial charge is 0.324 e. The van der Waals surface area contributed by atoms with E-state index in [1.165, 1.54) is 23.3 Å². The van der Waals surface area contributed by atoms with Gasteiger partial charge in [-0.15, -0.1) is 10.2 Å². The number of amides is 3. The minimum atomic E-state index is -0.428. The monoisotopic (exact) mass is 399 g/mol. The van der Waals surface area contributed by atoms with Gasteiger partial charge >= 0.3 is 6.03 Å². The fraction of sp³-hybridized carbons (Fsp3) is 0.333. The minimum absolute atomic E-state index is 0.125. The fourth-order valence-electron chi connectivity index (χ4n) is 2.03. The van der Waals surface area contributed by atoms with E-state index in [9.17, 15) is 9.59 Å². The summed E-state index contributed by atoms with van der Waals surface area (Å²) in [5.74, 6) is 0.129. The van der Waals surface area contributed by atoms with Crippen LogP contribution in [0.25, 0.3) is 0 Å². The number of aromatic nitrogens is 2. The van der Waals surface area contributed by atoms with Gasteiger partial charge in [0.25, 0.3) is 0 Å². The molecule has 1 aromatic carbocycles. The molecule has 1 aliphatic carbocycles. The molecule has 3 rings (SSSR count). The first-order chi connectivity index (χ1) is 11.9. The Morgan fingerprint density at radius 2 is 2.00 bits per heavy atom. The van der Waals surface area contributed by atoms with Gasteiger partial charge in [0.2, 0.25) is 11.0 Å². The van der Waals surface area contributed by atoms with E-state index in [0.717, 1.165) is 17.8 Å². The Morgan fingerprint density at radius 3 is 2.68 bits per heavy atom. The number of carbonyl (C=O) groups excluding carboxylic acids is 2. The molecule has 1 aromatic heterocycles. The first kappa shape index (κ1) is 17.9. The zero-order valence-electron chi connectivity index (χ0n) is 13.3. The second-order valence-electron chi connectivity index (χ2n) is 5.68. The van der Waals surface area contributed by atoms with Gasteiger partial charge in [-0.3, -0.25) is 10.1 Å². The van der Waals surface area contributed by atoms with Crippen LogP contribution in [-0.4, -0.2) is 40.6 Å². The Hall–Kier alpha value is -1.90. The molecular weight excluding hydrogens is 385 g/mol. The molecule has 1 aliphatic rings. The number of anilines is 2. The number of benzene rings is 1. The Kier molecular flexibility index (Phi) is 5.41. The van der Waals surface area contributed by atoms with Crippen LogP contribution in [0.15, 0.2) is 18.2 Å². The van der Waals surface area contributed by atoms with Crippen molar-refractivity contribution in [3.63, 3.8) is 0 Å². The molecule has 0 spiro atoms. The molecule has 7 nitrogen and oxygen atoms in total. The SMILES string of the molecule is CN(CC(=O)Nc1ccc(Cl)c(Cl)c1)C(=O)Nc1nnc(C2CC2)s1. The molecule has 0 atom stereocenters. The van der Waals surface area contributed by atoms with Crippen molar-refractivity contribution in [1.29, 1.82) is 0 Å². The van der Waals surface area contributed by atoms with Gasteiger partial charge in [0.1, 0.15) is 11.6 Å². The van der Waals surface area contributed by atoms with Crippen LogP contribution >= 0.6 is 34.5 Å². The van der Waals surface area contributed by atoms with Crippen LogP contribution in [-0.2, 0) is 4.79 Å². The highest BCUT2D eigenvalue weighted by Crippen LogP contribution is 2.42. The predicted octanol–water partition coefficient (Wildman–Crippen LogP) is 3.82. The molecule has 25 heavy (non-hydrogen) atoms. The molecule has 3 amide bonds. The summed E-state index contributed by atoms with van der Waals surface area (Å²) < 4.78 is 0. The van der Waals surface area contributed by atoms with Gasteiger partial charge in [0.05, 0.1) is 10.0 Å². The van der Waals surface area contributed by atoms with Crippen LogP contribution in [0.1, 0.15) is 23.8 Å². The van der Waals surface area contributed by atoms with Crippen LogP contribution in [0.5, 0.6) is 0 Å². The van der Waals surface area contributed by atoms with E-state index in [1.807, 2.05) is 0 Å². The maximum Gasteiger partial charge on any atom is 0.323 e. The summed E-state index contributed by atoms with van der Waals surface area (Å²) in [5, 5.41) is 15.4. The molecule has 2 aromatic rings. The van der Waals surface area contributed by atoms with Crippen LogP contribution in [0, 0.1) is 0 Å². The summed E-state index contributed by atoms with van der Waals surface area (Å²) >= 11 is 13.1. The number of nitrogens with one attached hydrogen (secondary N) is 2. The minimum Gasteiger partial charge on any atom is -0.324 e. The zero-order valence-corrected chi connectivity index (χ0v) is 15.6. The highest BCUT2D eigenvalue weighted by atomic mass is 35.5. The first-order valence-corrected chi connectivity index (χ1v) is 9.10. The summed E-state index contributed by atoms with van der Waals surface area (Å²) in [6, 6.07) is 4.33. The molecule has 0 saturated heterocycles. The Labute approximate surface area is 158 Å². The van der Waals surface area contributed by atoms with Gasteiger partial charge in [0.15, 0.2) is 0 Å². The third kappa shape index (κ3) is 4.81. The van der Waals surface area contributed by atoms with E-state index in [1.54, 1.807) is 18.2 Å². The van der Waals surface area contributed by atoms with Crippen LogP contribution in [0.4, 0.5) is 15.6 Å². The lowest BCUT2D eigenvalue weighted by Crippen LogP contribution is -2.37. The lowest BCUT2D eigenvalue weighted by atomic mass is 10.3. The summed E-state index contributed by atoms with van der Waals surface area (Å²) in [4.78, 5) is 25.4. The average molecular weight is 400 g/mol. The van der Waals surface area contributed by atoms with Gasteiger partial charge in [0, 0.05) is 18.7 Å². The number of rotatable bonds is 5. The standard InChI is InChI=1S/C15H15Cl2N5O2S/c1-22(7-12(23)18-9-4-5-10(16)11(17)6-9)15(24)19-14-21-20-13(25-14)8-2-3-8/h4-6,8H,2-3,7H2,1H3,(H,18,23)(H,19,21,24). The van der Waals surface area contributed by atoms with Gasteiger partial charge in [-0.05, 0) is 31.0 Å². The molecular formula is C15H15Cl2N5O2S. The second kappa shape index (κ2) is 7.55. The molecule has 2 N–H and O–H groups in total. The lowest BCUT2D eigenvalue weighted by Gasteiger charge is -2.16. The highest BCUT2D eigenvalue weighted by Gasteiger charge is 2.28.